The molecule has 0 saturated heterocycles. The van der Waals surface area contributed by atoms with E-state index in [9.17, 15) is 24.3 Å². The highest BCUT2D eigenvalue weighted by molar-refractivity contribution is 5.92. The van der Waals surface area contributed by atoms with Crippen molar-refractivity contribution in [2.75, 3.05) is 13.7 Å². The summed E-state index contributed by atoms with van der Waals surface area (Å²) in [4.78, 5) is 53.6. The van der Waals surface area contributed by atoms with E-state index in [1.807, 2.05) is 68.4 Å². The van der Waals surface area contributed by atoms with Gasteiger partial charge in [-0.1, -0.05) is 74.9 Å². The summed E-state index contributed by atoms with van der Waals surface area (Å²) in [6.07, 6.45) is -0.592. The number of hydrogen-bond donors (Lipinski definition) is 5. The number of carbonyl (C=O) groups excluding carboxylic acids is 4. The molecule has 0 aliphatic carbocycles. The number of nitrogens with one attached hydrogen (secondary N) is 4. The minimum absolute atomic E-state index is 0.0766. The van der Waals surface area contributed by atoms with Crippen LogP contribution in [-0.2, 0) is 43.1 Å². The fourth-order valence-electron chi connectivity index (χ4n) is 5.86. The third-order valence-electron chi connectivity index (χ3n) is 8.89. The van der Waals surface area contributed by atoms with Crippen molar-refractivity contribution in [1.82, 2.24) is 21.3 Å². The van der Waals surface area contributed by atoms with Gasteiger partial charge >= 0.3 is 12.1 Å². The van der Waals surface area contributed by atoms with E-state index in [0.717, 1.165) is 16.7 Å². The van der Waals surface area contributed by atoms with Crippen molar-refractivity contribution in [1.29, 1.82) is 0 Å². The number of esters is 1. The number of aliphatic hydroxyl groups is 1. The SMILES string of the molecule is CCC(C)[C@@H]1NC(=O)[C@@H](NC[C@H](O)[C@H](Cc2ccccc2)NC(=O)OC(C)(C)C)Cc2ccc(cc2)Oc2cccc(c2)C[C@@H](C(=O)OC)NC1=O. The molecule has 2 heterocycles. The molecule has 2 aliphatic heterocycles. The van der Waals surface area contributed by atoms with Gasteiger partial charge in [0.2, 0.25) is 11.8 Å². The van der Waals surface area contributed by atoms with Gasteiger partial charge in [-0.15, -0.1) is 0 Å². The Morgan fingerprint density at radius 2 is 1.63 bits per heavy atom. The van der Waals surface area contributed by atoms with E-state index in [-0.39, 0.29) is 25.3 Å². The van der Waals surface area contributed by atoms with Gasteiger partial charge in [-0.3, -0.25) is 9.59 Å². The van der Waals surface area contributed by atoms with Crippen LogP contribution in [0.15, 0.2) is 78.9 Å². The van der Waals surface area contributed by atoms with Crippen LogP contribution in [0.25, 0.3) is 0 Å². The van der Waals surface area contributed by atoms with Crippen LogP contribution in [0.1, 0.15) is 57.7 Å². The van der Waals surface area contributed by atoms with Crippen molar-refractivity contribution in [2.24, 2.45) is 5.92 Å². The fraction of sp³-hybridized carbons (Fsp3) is 0.450. The van der Waals surface area contributed by atoms with E-state index in [2.05, 4.69) is 21.3 Å². The maximum Gasteiger partial charge on any atom is 0.407 e. The summed E-state index contributed by atoms with van der Waals surface area (Å²) in [5, 5.41) is 23.2. The van der Waals surface area contributed by atoms with Crippen molar-refractivity contribution < 1.29 is 38.5 Å². The quantitative estimate of drug-likeness (QED) is 0.193. The summed E-state index contributed by atoms with van der Waals surface area (Å²) in [5.74, 6) is -0.792. The Labute approximate surface area is 306 Å². The highest BCUT2D eigenvalue weighted by Crippen LogP contribution is 2.24. The second kappa shape index (κ2) is 18.5. The summed E-state index contributed by atoms with van der Waals surface area (Å²) < 4.78 is 16.6. The van der Waals surface area contributed by atoms with Crippen LogP contribution >= 0.6 is 0 Å². The number of amides is 3. The predicted octanol–water partition coefficient (Wildman–Crippen LogP) is 4.22. The van der Waals surface area contributed by atoms with Gasteiger partial charge in [0.1, 0.15) is 29.2 Å². The molecule has 4 bridgehead atoms. The van der Waals surface area contributed by atoms with Gasteiger partial charge < -0.3 is 40.6 Å². The highest BCUT2D eigenvalue weighted by atomic mass is 16.6. The molecule has 280 valence electrons. The largest absolute Gasteiger partial charge is 0.467 e. The number of aliphatic hydroxyl groups excluding tert-OH is 1. The lowest BCUT2D eigenvalue weighted by Gasteiger charge is -2.30. The molecule has 5 N–H and O–H groups in total. The van der Waals surface area contributed by atoms with E-state index < -0.39 is 59.7 Å². The monoisotopic (exact) mass is 716 g/mol. The van der Waals surface area contributed by atoms with Gasteiger partial charge in [0, 0.05) is 13.0 Å². The minimum atomic E-state index is -1.13. The third-order valence-corrected chi connectivity index (χ3v) is 8.89. The molecule has 52 heavy (non-hydrogen) atoms. The van der Waals surface area contributed by atoms with Crippen LogP contribution in [-0.4, -0.2) is 78.5 Å². The second-order valence-electron chi connectivity index (χ2n) is 14.2. The number of benzene rings is 3. The Balaban J connectivity index is 1.63. The Hall–Kier alpha value is -4.94. The number of fused-ring (bicyclic) bond motifs is 10. The van der Waals surface area contributed by atoms with Crippen molar-refractivity contribution in [3.63, 3.8) is 0 Å². The zero-order valence-electron chi connectivity index (χ0n) is 30.8. The smallest absolute Gasteiger partial charge is 0.407 e. The van der Waals surface area contributed by atoms with Gasteiger partial charge in [0.25, 0.3) is 0 Å². The normalized spacial score (nSPS) is 19.9. The predicted molar refractivity (Wildman–Crippen MR) is 197 cm³/mol. The van der Waals surface area contributed by atoms with Gasteiger partial charge in [0.15, 0.2) is 0 Å². The highest BCUT2D eigenvalue weighted by Gasteiger charge is 2.33. The first-order chi connectivity index (χ1) is 24.7. The topological polar surface area (TPSA) is 164 Å². The van der Waals surface area contributed by atoms with E-state index in [1.54, 1.807) is 45.0 Å². The average Bonchev–Trinajstić information content (AvgIpc) is 3.11. The molecule has 0 spiro atoms. The average molecular weight is 717 g/mol. The molecular weight excluding hydrogens is 664 g/mol. The van der Waals surface area contributed by atoms with Crippen LogP contribution in [0.4, 0.5) is 4.79 Å². The van der Waals surface area contributed by atoms with Crippen LogP contribution in [0, 0.1) is 5.92 Å². The number of carbonyl (C=O) groups is 4. The first kappa shape index (κ1) is 39.8. The molecule has 6 atom stereocenters. The maximum absolute atomic E-state index is 14.1. The Bertz CT molecular complexity index is 1640. The molecule has 3 aromatic rings. The molecule has 12 nitrogen and oxygen atoms in total. The molecule has 1 unspecified atom stereocenters. The molecule has 12 heteroatoms. The number of rotatable bonds is 10. The Kier molecular flexibility index (Phi) is 14.2. The molecular formula is C40H52N4O8. The van der Waals surface area contributed by atoms with Crippen LogP contribution in [0.5, 0.6) is 11.5 Å². The lowest BCUT2D eigenvalue weighted by atomic mass is 9.96. The van der Waals surface area contributed by atoms with Gasteiger partial charge in [-0.2, -0.15) is 0 Å². The summed E-state index contributed by atoms with van der Waals surface area (Å²) in [5.41, 5.74) is 1.69. The summed E-state index contributed by atoms with van der Waals surface area (Å²) in [7, 11) is 1.26. The molecule has 0 fully saturated rings. The molecule has 3 amide bonds. The van der Waals surface area contributed by atoms with Crippen LogP contribution in [0.3, 0.4) is 0 Å². The zero-order chi connectivity index (χ0) is 37.8. The van der Waals surface area contributed by atoms with Crippen molar-refractivity contribution in [3.8, 4) is 11.5 Å². The van der Waals surface area contributed by atoms with Gasteiger partial charge in [0.05, 0.1) is 25.3 Å². The maximum atomic E-state index is 14.1. The standard InChI is InChI=1S/C40H52N4O8/c1-7-25(2)35-37(47)42-33(38(48)50-6)23-28-14-11-15-30(20-28)51-29-18-16-27(17-19-29)22-32(36(46)44-35)41-24-34(45)31(21-26-12-9-8-10-13-26)43-39(49)52-40(3,4)5/h8-20,25,31-35,41,45H,7,21-24H2,1-6H3,(H,42,47)(H,43,49)(H,44,46)/t25?,31-,32-,33-,34-,35-/m0/s1. The third kappa shape index (κ3) is 12.1. The lowest BCUT2D eigenvalue weighted by Crippen LogP contribution is -2.59. The van der Waals surface area contributed by atoms with E-state index >= 15 is 0 Å². The zero-order valence-corrected chi connectivity index (χ0v) is 30.8. The Morgan fingerprint density at radius 3 is 2.29 bits per heavy atom. The minimum Gasteiger partial charge on any atom is -0.467 e. The van der Waals surface area contributed by atoms with Gasteiger partial charge in [-0.25, -0.2) is 9.59 Å². The Morgan fingerprint density at radius 1 is 0.923 bits per heavy atom. The summed E-state index contributed by atoms with van der Waals surface area (Å²) in [6.45, 7) is 8.95. The summed E-state index contributed by atoms with van der Waals surface area (Å²) in [6, 6.07) is 20.3. The van der Waals surface area contributed by atoms with E-state index in [1.165, 1.54) is 7.11 Å². The van der Waals surface area contributed by atoms with Gasteiger partial charge in [-0.05, 0) is 80.5 Å². The van der Waals surface area contributed by atoms with E-state index in [4.69, 9.17) is 14.2 Å². The number of ether oxygens (including phenoxy) is 3. The molecule has 3 aromatic carbocycles. The van der Waals surface area contributed by atoms with Crippen molar-refractivity contribution in [2.45, 2.75) is 96.2 Å². The molecule has 0 saturated carbocycles. The van der Waals surface area contributed by atoms with Crippen molar-refractivity contribution >= 4 is 23.9 Å². The fourth-order valence-corrected chi connectivity index (χ4v) is 5.86. The number of methoxy groups -OCH3 is 1. The number of alkyl carbamates (subject to hydrolysis) is 1. The van der Waals surface area contributed by atoms with E-state index in [0.29, 0.717) is 24.3 Å². The number of hydrogen-bond acceptors (Lipinski definition) is 9. The van der Waals surface area contributed by atoms with Crippen LogP contribution in [0.2, 0.25) is 0 Å². The van der Waals surface area contributed by atoms with Crippen LogP contribution < -0.4 is 26.0 Å². The first-order valence-corrected chi connectivity index (χ1v) is 17.7. The summed E-state index contributed by atoms with van der Waals surface area (Å²) >= 11 is 0. The molecule has 5 rings (SSSR count). The van der Waals surface area contributed by atoms with Crippen molar-refractivity contribution in [3.05, 3.63) is 95.6 Å². The second-order valence-corrected chi connectivity index (χ2v) is 14.2. The molecule has 0 radical (unpaired) electrons. The first-order valence-electron chi connectivity index (χ1n) is 17.7. The lowest BCUT2D eigenvalue weighted by molar-refractivity contribution is -0.145. The molecule has 2 aliphatic rings. The molecule has 0 aromatic heterocycles.